The number of aromatic nitrogens is 1. The fourth-order valence-electron chi connectivity index (χ4n) is 1.60. The molecular weight excluding hydrogens is 192 g/mol. The minimum atomic E-state index is 0.484. The van der Waals surface area contributed by atoms with Crippen molar-refractivity contribution in [2.45, 2.75) is 52.0 Å². The molecule has 1 aromatic heterocycles. The van der Waals surface area contributed by atoms with Gasteiger partial charge in [-0.25, -0.2) is 4.98 Å². The van der Waals surface area contributed by atoms with Gasteiger partial charge in [0.05, 0.1) is 5.69 Å². The second kappa shape index (κ2) is 3.89. The summed E-state index contributed by atoms with van der Waals surface area (Å²) in [6.07, 6.45) is 3.82. The van der Waals surface area contributed by atoms with E-state index >= 15 is 0 Å². The van der Waals surface area contributed by atoms with Crippen molar-refractivity contribution >= 4 is 16.5 Å². The molecule has 0 radical (unpaired) electrons. The lowest BCUT2D eigenvalue weighted by Crippen LogP contribution is -2.09. The maximum absolute atomic E-state index is 4.69. The first-order valence-electron chi connectivity index (χ1n) is 5.46. The van der Waals surface area contributed by atoms with Crippen molar-refractivity contribution in [1.82, 2.24) is 4.98 Å². The number of nitrogens with one attached hydrogen (secondary N) is 1. The number of rotatable bonds is 4. The monoisotopic (exact) mass is 210 g/mol. The van der Waals surface area contributed by atoms with E-state index in [1.54, 1.807) is 0 Å². The van der Waals surface area contributed by atoms with Crippen LogP contribution >= 0.6 is 11.3 Å². The van der Waals surface area contributed by atoms with Crippen LogP contribution in [0.15, 0.2) is 0 Å². The molecule has 0 bridgehead atoms. The van der Waals surface area contributed by atoms with Crippen LogP contribution in [0.4, 0.5) is 5.13 Å². The molecular formula is C11H18N2S. The van der Waals surface area contributed by atoms with Gasteiger partial charge in [-0.15, -0.1) is 11.3 Å². The van der Waals surface area contributed by atoms with Crippen molar-refractivity contribution in [3.05, 3.63) is 10.6 Å². The second-order valence-corrected chi connectivity index (χ2v) is 5.34. The number of aryl methyl sites for hydroxylation is 1. The van der Waals surface area contributed by atoms with Gasteiger partial charge in [-0.3, -0.25) is 0 Å². The Morgan fingerprint density at radius 1 is 1.50 bits per heavy atom. The van der Waals surface area contributed by atoms with Crippen LogP contribution in [0.25, 0.3) is 0 Å². The molecule has 3 heteroatoms. The van der Waals surface area contributed by atoms with Gasteiger partial charge >= 0.3 is 0 Å². The highest BCUT2D eigenvalue weighted by Gasteiger charge is 2.29. The highest BCUT2D eigenvalue weighted by molar-refractivity contribution is 7.15. The number of anilines is 1. The van der Waals surface area contributed by atoms with Crippen LogP contribution < -0.4 is 5.32 Å². The van der Waals surface area contributed by atoms with E-state index in [1.807, 2.05) is 11.3 Å². The average molecular weight is 210 g/mol. The second-order valence-electron chi connectivity index (χ2n) is 4.25. The summed E-state index contributed by atoms with van der Waals surface area (Å²) >= 11 is 1.83. The van der Waals surface area contributed by atoms with Crippen LogP contribution in [0.2, 0.25) is 0 Å². The molecule has 0 aliphatic heterocycles. The largest absolute Gasteiger partial charge is 0.359 e. The minimum Gasteiger partial charge on any atom is -0.359 e. The lowest BCUT2D eigenvalue weighted by molar-refractivity contribution is 0.890. The molecule has 78 valence electrons. The minimum absolute atomic E-state index is 0.484. The maximum Gasteiger partial charge on any atom is 0.183 e. The summed E-state index contributed by atoms with van der Waals surface area (Å²) < 4.78 is 0. The number of hydrogen-bond donors (Lipinski definition) is 1. The molecule has 1 N–H and O–H groups in total. The zero-order chi connectivity index (χ0) is 10.1. The third-order valence-corrected chi connectivity index (χ3v) is 3.57. The highest BCUT2D eigenvalue weighted by Crippen LogP contribution is 2.43. The van der Waals surface area contributed by atoms with Crippen LogP contribution in [-0.2, 0) is 6.42 Å². The van der Waals surface area contributed by atoms with Gasteiger partial charge in [0.1, 0.15) is 0 Å². The lowest BCUT2D eigenvalue weighted by Gasteiger charge is -2.04. The van der Waals surface area contributed by atoms with Gasteiger partial charge in [0, 0.05) is 16.8 Å². The molecule has 1 fully saturated rings. The van der Waals surface area contributed by atoms with E-state index in [4.69, 9.17) is 4.98 Å². The van der Waals surface area contributed by atoms with Crippen molar-refractivity contribution in [3.63, 3.8) is 0 Å². The molecule has 0 unspecified atom stereocenters. The molecule has 0 aromatic carbocycles. The summed E-state index contributed by atoms with van der Waals surface area (Å²) in [5.41, 5.74) is 1.38. The van der Waals surface area contributed by atoms with Crippen molar-refractivity contribution < 1.29 is 0 Å². The summed E-state index contributed by atoms with van der Waals surface area (Å²) in [7, 11) is 0. The normalized spacial score (nSPS) is 16.3. The number of nitrogens with zero attached hydrogens (tertiary/aromatic N) is 1. The van der Waals surface area contributed by atoms with Crippen LogP contribution in [0.3, 0.4) is 0 Å². The Morgan fingerprint density at radius 2 is 2.21 bits per heavy atom. The zero-order valence-electron chi connectivity index (χ0n) is 9.13. The predicted molar refractivity (Wildman–Crippen MR) is 62.2 cm³/mol. The molecule has 0 amide bonds. The molecule has 14 heavy (non-hydrogen) atoms. The third kappa shape index (κ3) is 2.08. The summed E-state index contributed by atoms with van der Waals surface area (Å²) in [4.78, 5) is 6.17. The summed E-state index contributed by atoms with van der Waals surface area (Å²) in [5, 5.41) is 4.50. The Bertz CT molecular complexity index is 313. The van der Waals surface area contributed by atoms with Gasteiger partial charge in [-0.05, 0) is 33.1 Å². The zero-order valence-corrected chi connectivity index (χ0v) is 9.95. The van der Waals surface area contributed by atoms with Crippen molar-refractivity contribution in [2.75, 3.05) is 5.32 Å². The fraction of sp³-hybridized carbons (Fsp3) is 0.727. The maximum atomic E-state index is 4.69. The van der Waals surface area contributed by atoms with Crippen molar-refractivity contribution in [3.8, 4) is 0 Å². The first-order chi connectivity index (χ1) is 6.70. The standard InChI is InChI=1S/C11H18N2S/c1-4-9-10(8-5-6-8)13-11(14-9)12-7(2)3/h7-8H,4-6H2,1-3H3,(H,12,13). The van der Waals surface area contributed by atoms with E-state index in [9.17, 15) is 0 Å². The molecule has 2 rings (SSSR count). The molecule has 1 aliphatic rings. The molecule has 2 nitrogen and oxygen atoms in total. The Labute approximate surface area is 89.8 Å². The Balaban J connectivity index is 2.17. The third-order valence-electron chi connectivity index (χ3n) is 2.42. The van der Waals surface area contributed by atoms with Gasteiger partial charge in [0.15, 0.2) is 5.13 Å². The van der Waals surface area contributed by atoms with Gasteiger partial charge < -0.3 is 5.32 Å². The van der Waals surface area contributed by atoms with Crippen LogP contribution in [0, 0.1) is 0 Å². The summed E-state index contributed by atoms with van der Waals surface area (Å²) in [6, 6.07) is 0.484. The van der Waals surface area contributed by atoms with Crippen molar-refractivity contribution in [1.29, 1.82) is 0 Å². The van der Waals surface area contributed by atoms with Gasteiger partial charge in [0.2, 0.25) is 0 Å². The average Bonchev–Trinajstić information content (AvgIpc) is 2.88. The first-order valence-corrected chi connectivity index (χ1v) is 6.28. The smallest absolute Gasteiger partial charge is 0.183 e. The summed E-state index contributed by atoms with van der Waals surface area (Å²) in [6.45, 7) is 6.53. The van der Waals surface area contributed by atoms with Crippen molar-refractivity contribution in [2.24, 2.45) is 0 Å². The van der Waals surface area contributed by atoms with Crippen LogP contribution in [-0.4, -0.2) is 11.0 Å². The highest BCUT2D eigenvalue weighted by atomic mass is 32.1. The van der Waals surface area contributed by atoms with Gasteiger partial charge in [-0.1, -0.05) is 6.92 Å². The molecule has 0 spiro atoms. The van der Waals surface area contributed by atoms with E-state index in [-0.39, 0.29) is 0 Å². The Hall–Kier alpha value is -0.570. The quantitative estimate of drug-likeness (QED) is 0.824. The Kier molecular flexibility index (Phi) is 2.77. The predicted octanol–water partition coefficient (Wildman–Crippen LogP) is 3.40. The number of hydrogen-bond acceptors (Lipinski definition) is 3. The van der Waals surface area contributed by atoms with E-state index in [1.165, 1.54) is 23.4 Å². The van der Waals surface area contributed by atoms with E-state index in [2.05, 4.69) is 26.1 Å². The Morgan fingerprint density at radius 3 is 2.71 bits per heavy atom. The van der Waals surface area contributed by atoms with E-state index in [0.717, 1.165) is 17.5 Å². The van der Waals surface area contributed by atoms with Crippen LogP contribution in [0.5, 0.6) is 0 Å². The molecule has 1 saturated carbocycles. The van der Waals surface area contributed by atoms with Crippen LogP contribution in [0.1, 0.15) is 50.1 Å². The molecule has 1 aromatic rings. The SMILES string of the molecule is CCc1sc(NC(C)C)nc1C1CC1. The molecule has 1 heterocycles. The van der Waals surface area contributed by atoms with E-state index in [0.29, 0.717) is 6.04 Å². The van der Waals surface area contributed by atoms with Gasteiger partial charge in [-0.2, -0.15) is 0 Å². The molecule has 1 aliphatic carbocycles. The first kappa shape index (κ1) is 9.97. The van der Waals surface area contributed by atoms with Gasteiger partial charge in [0.25, 0.3) is 0 Å². The fourth-order valence-corrected chi connectivity index (χ4v) is 2.73. The number of thiazole rings is 1. The lowest BCUT2D eigenvalue weighted by atomic mass is 10.2. The topological polar surface area (TPSA) is 24.9 Å². The molecule has 0 saturated heterocycles. The molecule has 0 atom stereocenters. The van der Waals surface area contributed by atoms with E-state index < -0.39 is 0 Å². The summed E-state index contributed by atoms with van der Waals surface area (Å²) in [5.74, 6) is 0.781.